The molecule has 4 nitrogen and oxygen atoms in total. The van der Waals surface area contributed by atoms with Gasteiger partial charge < -0.3 is 15.0 Å². The first-order chi connectivity index (χ1) is 8.15. The summed E-state index contributed by atoms with van der Waals surface area (Å²) in [5.41, 5.74) is 1.25. The summed E-state index contributed by atoms with van der Waals surface area (Å²) in [7, 11) is 4.37. The minimum Gasteiger partial charge on any atom is -0.619 e. The molecule has 0 bridgehead atoms. The Kier molecular flexibility index (Phi) is 3.97. The Balaban J connectivity index is 1.99. The average molecular weight is 235 g/mol. The molecule has 1 aromatic heterocycles. The van der Waals surface area contributed by atoms with E-state index in [1.807, 2.05) is 12.1 Å². The fourth-order valence-electron chi connectivity index (χ4n) is 2.32. The third kappa shape index (κ3) is 3.41. The number of likely N-dealkylation sites (N-methyl/N-ethyl adjacent to an activating group) is 2. The fraction of sp³-hybridized carbons (Fsp3) is 0.615. The lowest BCUT2D eigenvalue weighted by atomic mass is 10.0. The zero-order valence-corrected chi connectivity index (χ0v) is 10.7. The molecule has 1 aromatic rings. The van der Waals surface area contributed by atoms with Gasteiger partial charge in [-0.1, -0.05) is 0 Å². The Labute approximate surface area is 103 Å². The molecule has 4 heteroatoms. The molecule has 0 radical (unpaired) electrons. The number of rotatable bonds is 2. The van der Waals surface area contributed by atoms with Crippen LogP contribution < -0.4 is 4.73 Å². The van der Waals surface area contributed by atoms with Gasteiger partial charge in [-0.05, 0) is 39.0 Å². The second kappa shape index (κ2) is 5.47. The molecule has 0 amide bonds. The quantitative estimate of drug-likeness (QED) is 0.553. The van der Waals surface area contributed by atoms with Crippen molar-refractivity contribution in [1.82, 2.24) is 9.80 Å². The highest BCUT2D eigenvalue weighted by atomic mass is 16.5. The lowest BCUT2D eigenvalue weighted by molar-refractivity contribution is -0.605. The van der Waals surface area contributed by atoms with Gasteiger partial charge in [0.2, 0.25) is 0 Å². The van der Waals surface area contributed by atoms with Crippen molar-refractivity contribution in [2.75, 3.05) is 33.7 Å². The predicted molar refractivity (Wildman–Crippen MR) is 67.6 cm³/mol. The Morgan fingerprint density at radius 2 is 1.94 bits per heavy atom. The van der Waals surface area contributed by atoms with E-state index in [4.69, 9.17) is 0 Å². The van der Waals surface area contributed by atoms with Crippen LogP contribution in [0.5, 0.6) is 0 Å². The normalized spacial score (nSPS) is 23.5. The molecule has 1 aliphatic heterocycles. The lowest BCUT2D eigenvalue weighted by Crippen LogP contribution is -2.34. The minimum absolute atomic E-state index is 0.586. The summed E-state index contributed by atoms with van der Waals surface area (Å²) in [5.74, 6) is 0. The highest BCUT2D eigenvalue weighted by molar-refractivity contribution is 5.09. The predicted octanol–water partition coefficient (Wildman–Crippen LogP) is 0.498. The van der Waals surface area contributed by atoms with Gasteiger partial charge >= 0.3 is 0 Å². The standard InChI is InChI=1S/C13H21N3O/c1-14-6-5-13(15(2)10-9-14)11-12-3-7-16(17)8-4-12/h3-4,7-8,13H,5-6,9-11H2,1-2H3. The third-order valence-electron chi connectivity index (χ3n) is 3.64. The SMILES string of the molecule is CN1CCC(Cc2cc[n+]([O-])cc2)N(C)CC1. The van der Waals surface area contributed by atoms with Crippen molar-refractivity contribution in [2.45, 2.75) is 18.9 Å². The van der Waals surface area contributed by atoms with Crippen molar-refractivity contribution < 1.29 is 4.73 Å². The van der Waals surface area contributed by atoms with E-state index >= 15 is 0 Å². The molecule has 0 aliphatic carbocycles. The van der Waals surface area contributed by atoms with Crippen molar-refractivity contribution >= 4 is 0 Å². The molecule has 1 atom stereocenters. The Hall–Kier alpha value is -1.13. The van der Waals surface area contributed by atoms with Crippen LogP contribution in [0.1, 0.15) is 12.0 Å². The van der Waals surface area contributed by atoms with Crippen LogP contribution in [0.2, 0.25) is 0 Å². The number of nitrogens with zero attached hydrogens (tertiary/aromatic N) is 3. The molecule has 17 heavy (non-hydrogen) atoms. The van der Waals surface area contributed by atoms with Gasteiger partial charge in [-0.2, -0.15) is 4.73 Å². The molecule has 0 saturated carbocycles. The topological polar surface area (TPSA) is 33.4 Å². The van der Waals surface area contributed by atoms with Crippen LogP contribution in [0, 0.1) is 5.21 Å². The van der Waals surface area contributed by atoms with Crippen LogP contribution in [0.25, 0.3) is 0 Å². The molecular weight excluding hydrogens is 214 g/mol. The van der Waals surface area contributed by atoms with Crippen molar-refractivity contribution in [3.05, 3.63) is 35.3 Å². The van der Waals surface area contributed by atoms with Crippen LogP contribution in [0.3, 0.4) is 0 Å². The molecule has 2 heterocycles. The molecule has 0 spiro atoms. The van der Waals surface area contributed by atoms with Gasteiger partial charge in [-0.15, -0.1) is 0 Å². The summed E-state index contributed by atoms with van der Waals surface area (Å²) in [6.45, 7) is 3.42. The van der Waals surface area contributed by atoms with Gasteiger partial charge in [0.1, 0.15) is 0 Å². The molecule has 0 N–H and O–H groups in total. The maximum atomic E-state index is 11.0. The second-order valence-electron chi connectivity index (χ2n) is 5.00. The number of hydrogen-bond acceptors (Lipinski definition) is 3. The highest BCUT2D eigenvalue weighted by Crippen LogP contribution is 2.13. The molecule has 1 aliphatic rings. The number of hydrogen-bond donors (Lipinski definition) is 0. The lowest BCUT2D eigenvalue weighted by Gasteiger charge is -2.25. The van der Waals surface area contributed by atoms with Gasteiger partial charge in [0, 0.05) is 31.3 Å². The van der Waals surface area contributed by atoms with Crippen molar-refractivity contribution in [3.8, 4) is 0 Å². The van der Waals surface area contributed by atoms with Gasteiger partial charge in [0.15, 0.2) is 12.4 Å². The number of pyridine rings is 1. The summed E-state index contributed by atoms with van der Waals surface area (Å²) in [6.07, 6.45) is 5.39. The van der Waals surface area contributed by atoms with Crippen molar-refractivity contribution in [2.24, 2.45) is 0 Å². The van der Waals surface area contributed by atoms with Crippen LogP contribution in [-0.4, -0.2) is 49.6 Å². The smallest absolute Gasteiger partial charge is 0.180 e. The van der Waals surface area contributed by atoms with E-state index in [-0.39, 0.29) is 0 Å². The molecule has 1 saturated heterocycles. The Bertz CT molecular complexity index is 352. The first-order valence-electron chi connectivity index (χ1n) is 6.21. The van der Waals surface area contributed by atoms with Gasteiger partial charge in [-0.3, -0.25) is 0 Å². The van der Waals surface area contributed by atoms with E-state index in [0.29, 0.717) is 6.04 Å². The summed E-state index contributed by atoms with van der Waals surface area (Å²) < 4.78 is 0.841. The molecule has 1 unspecified atom stereocenters. The second-order valence-corrected chi connectivity index (χ2v) is 5.00. The van der Waals surface area contributed by atoms with E-state index in [0.717, 1.165) is 30.8 Å². The third-order valence-corrected chi connectivity index (χ3v) is 3.64. The molecule has 0 aromatic carbocycles. The zero-order chi connectivity index (χ0) is 12.3. The van der Waals surface area contributed by atoms with Crippen molar-refractivity contribution in [1.29, 1.82) is 0 Å². The minimum atomic E-state index is 0.586. The van der Waals surface area contributed by atoms with Gasteiger partial charge in [-0.25, -0.2) is 0 Å². The maximum absolute atomic E-state index is 11.0. The summed E-state index contributed by atoms with van der Waals surface area (Å²) >= 11 is 0. The average Bonchev–Trinajstić information content (AvgIpc) is 2.47. The molecular formula is C13H21N3O. The van der Waals surface area contributed by atoms with Gasteiger partial charge in [0.05, 0.1) is 0 Å². The van der Waals surface area contributed by atoms with E-state index in [1.54, 1.807) is 12.4 Å². The van der Waals surface area contributed by atoms with E-state index in [9.17, 15) is 5.21 Å². The van der Waals surface area contributed by atoms with Crippen molar-refractivity contribution in [3.63, 3.8) is 0 Å². The number of aromatic nitrogens is 1. The van der Waals surface area contributed by atoms with E-state index in [2.05, 4.69) is 23.9 Å². The molecule has 1 fully saturated rings. The van der Waals surface area contributed by atoms with Crippen LogP contribution in [-0.2, 0) is 6.42 Å². The Morgan fingerprint density at radius 3 is 2.65 bits per heavy atom. The first-order valence-corrected chi connectivity index (χ1v) is 6.21. The summed E-state index contributed by atoms with van der Waals surface area (Å²) in [6, 6.07) is 4.44. The fourth-order valence-corrected chi connectivity index (χ4v) is 2.32. The van der Waals surface area contributed by atoms with E-state index < -0.39 is 0 Å². The highest BCUT2D eigenvalue weighted by Gasteiger charge is 2.19. The first kappa shape index (κ1) is 12.3. The zero-order valence-electron chi connectivity index (χ0n) is 10.7. The monoisotopic (exact) mass is 235 g/mol. The largest absolute Gasteiger partial charge is 0.619 e. The van der Waals surface area contributed by atoms with Crippen LogP contribution in [0.4, 0.5) is 0 Å². The summed E-state index contributed by atoms with van der Waals surface area (Å²) in [4.78, 5) is 4.81. The van der Waals surface area contributed by atoms with Crippen LogP contribution in [0.15, 0.2) is 24.5 Å². The molecule has 2 rings (SSSR count). The van der Waals surface area contributed by atoms with E-state index in [1.165, 1.54) is 12.0 Å². The van der Waals surface area contributed by atoms with Crippen LogP contribution >= 0.6 is 0 Å². The molecule has 94 valence electrons. The Morgan fingerprint density at radius 1 is 1.24 bits per heavy atom. The maximum Gasteiger partial charge on any atom is 0.180 e. The van der Waals surface area contributed by atoms with Gasteiger partial charge in [0.25, 0.3) is 0 Å². The summed E-state index contributed by atoms with van der Waals surface area (Å²) in [5, 5.41) is 11.0.